The van der Waals surface area contributed by atoms with E-state index < -0.39 is 0 Å². The molecule has 0 fully saturated rings. The van der Waals surface area contributed by atoms with Gasteiger partial charge in [-0.05, 0) is 12.1 Å². The summed E-state index contributed by atoms with van der Waals surface area (Å²) in [6.07, 6.45) is 5.78. The molecule has 0 aliphatic carbocycles. The normalized spacial score (nSPS) is 14.5. The maximum Gasteiger partial charge on any atom is 0.254 e. The second-order valence-electron chi connectivity index (χ2n) is 4.04. The molecule has 2 aromatic rings. The van der Waals surface area contributed by atoms with Crippen LogP contribution in [0.1, 0.15) is 21.7 Å². The quantitative estimate of drug-likeness (QED) is 0.792. The Balaban J connectivity index is 1.81. The van der Waals surface area contributed by atoms with Crippen LogP contribution in [0.4, 0.5) is 0 Å². The topological polar surface area (TPSA) is 61.9 Å². The molecule has 5 nitrogen and oxygen atoms in total. The van der Waals surface area contributed by atoms with Gasteiger partial charge in [0.1, 0.15) is 0 Å². The Morgan fingerprint density at radius 1 is 1.35 bits per heavy atom. The summed E-state index contributed by atoms with van der Waals surface area (Å²) in [4.78, 5) is 25.2. The van der Waals surface area contributed by atoms with Gasteiger partial charge in [0, 0.05) is 30.9 Å². The Morgan fingerprint density at radius 2 is 2.18 bits per heavy atom. The van der Waals surface area contributed by atoms with E-state index in [0.29, 0.717) is 12.1 Å². The molecule has 0 bridgehead atoms. The summed E-state index contributed by atoms with van der Waals surface area (Å²) in [6, 6.07) is 3.48. The number of aromatic nitrogens is 3. The molecule has 0 atom stereocenters. The number of hydrogen-bond acceptors (Lipinski definition) is 3. The average Bonchev–Trinajstić information content (AvgIpc) is 2.86. The molecule has 1 amide bonds. The van der Waals surface area contributed by atoms with Crippen LogP contribution in [0.5, 0.6) is 0 Å². The minimum atomic E-state index is 0.0488. The van der Waals surface area contributed by atoms with Crippen molar-refractivity contribution in [1.82, 2.24) is 19.9 Å². The lowest BCUT2D eigenvalue weighted by Gasteiger charge is -2.26. The zero-order valence-electron chi connectivity index (χ0n) is 9.26. The number of nitrogens with zero attached hydrogens (tertiary/aromatic N) is 3. The van der Waals surface area contributed by atoms with E-state index in [9.17, 15) is 4.79 Å². The van der Waals surface area contributed by atoms with Crippen LogP contribution < -0.4 is 0 Å². The Morgan fingerprint density at radius 3 is 3.00 bits per heavy atom. The smallest absolute Gasteiger partial charge is 0.254 e. The van der Waals surface area contributed by atoms with Crippen molar-refractivity contribution in [2.24, 2.45) is 0 Å². The lowest BCUT2D eigenvalue weighted by Crippen LogP contribution is -2.36. The van der Waals surface area contributed by atoms with Crippen LogP contribution >= 0.6 is 0 Å². The summed E-state index contributed by atoms with van der Waals surface area (Å²) in [7, 11) is 0. The van der Waals surface area contributed by atoms with Gasteiger partial charge in [-0.2, -0.15) is 0 Å². The Hall–Kier alpha value is -2.17. The molecule has 0 unspecified atom stereocenters. The number of imidazole rings is 1. The van der Waals surface area contributed by atoms with Gasteiger partial charge in [-0.25, -0.2) is 4.98 Å². The van der Waals surface area contributed by atoms with Crippen LogP contribution in [-0.2, 0) is 13.0 Å². The van der Waals surface area contributed by atoms with Gasteiger partial charge < -0.3 is 9.88 Å². The number of H-pyrrole nitrogens is 1. The van der Waals surface area contributed by atoms with Crippen molar-refractivity contribution in [3.8, 4) is 0 Å². The Bertz CT molecular complexity index is 534. The first kappa shape index (κ1) is 10.0. The summed E-state index contributed by atoms with van der Waals surface area (Å²) < 4.78 is 0. The van der Waals surface area contributed by atoms with Gasteiger partial charge in [0.2, 0.25) is 0 Å². The molecule has 1 N–H and O–H groups in total. The molecule has 1 aliphatic rings. The average molecular weight is 228 g/mol. The molecule has 0 radical (unpaired) electrons. The lowest BCUT2D eigenvalue weighted by molar-refractivity contribution is 0.0732. The van der Waals surface area contributed by atoms with Crippen LogP contribution in [0.3, 0.4) is 0 Å². The Kier molecular flexibility index (Phi) is 2.36. The first-order valence-corrected chi connectivity index (χ1v) is 5.55. The van der Waals surface area contributed by atoms with E-state index in [-0.39, 0.29) is 5.91 Å². The summed E-state index contributed by atoms with van der Waals surface area (Å²) >= 11 is 0. The van der Waals surface area contributed by atoms with Crippen molar-refractivity contribution in [3.05, 3.63) is 47.8 Å². The fraction of sp³-hybridized carbons (Fsp3) is 0.250. The van der Waals surface area contributed by atoms with Gasteiger partial charge in [0.15, 0.2) is 0 Å². The van der Waals surface area contributed by atoms with Gasteiger partial charge in [-0.1, -0.05) is 0 Å². The molecule has 5 heteroatoms. The monoisotopic (exact) mass is 228 g/mol. The van der Waals surface area contributed by atoms with E-state index in [1.807, 2.05) is 4.90 Å². The standard InChI is InChI=1S/C12H12N4O/c17-12(9-1-4-13-5-2-9)16-6-3-10-11(7-16)15-8-14-10/h1-2,4-5,8H,3,6-7H2,(H,14,15). The van der Waals surface area contributed by atoms with Crippen molar-refractivity contribution in [3.63, 3.8) is 0 Å². The number of hydrogen-bond donors (Lipinski definition) is 1. The predicted octanol–water partition coefficient (Wildman–Crippen LogP) is 1.00. The van der Waals surface area contributed by atoms with Crippen LogP contribution in [0, 0.1) is 0 Å². The summed E-state index contributed by atoms with van der Waals surface area (Å²) in [5.74, 6) is 0.0488. The van der Waals surface area contributed by atoms with Gasteiger partial charge >= 0.3 is 0 Å². The predicted molar refractivity (Wildman–Crippen MR) is 61.3 cm³/mol. The molecule has 2 aromatic heterocycles. The van der Waals surface area contributed by atoms with E-state index in [1.54, 1.807) is 30.9 Å². The number of nitrogens with one attached hydrogen (secondary N) is 1. The van der Waals surface area contributed by atoms with Crippen molar-refractivity contribution in [2.45, 2.75) is 13.0 Å². The van der Waals surface area contributed by atoms with E-state index >= 15 is 0 Å². The van der Waals surface area contributed by atoms with E-state index in [0.717, 1.165) is 24.4 Å². The number of pyridine rings is 1. The number of fused-ring (bicyclic) bond motifs is 1. The third-order valence-electron chi connectivity index (χ3n) is 2.99. The van der Waals surface area contributed by atoms with Crippen molar-refractivity contribution < 1.29 is 4.79 Å². The molecule has 3 heterocycles. The van der Waals surface area contributed by atoms with Gasteiger partial charge in [-0.3, -0.25) is 9.78 Å². The van der Waals surface area contributed by atoms with Gasteiger partial charge in [-0.15, -0.1) is 0 Å². The molecule has 0 aromatic carbocycles. The molecule has 1 aliphatic heterocycles. The lowest BCUT2D eigenvalue weighted by atomic mass is 10.1. The third kappa shape index (κ3) is 1.80. The molecular formula is C12H12N4O. The highest BCUT2D eigenvalue weighted by atomic mass is 16.2. The van der Waals surface area contributed by atoms with Crippen LogP contribution in [0.2, 0.25) is 0 Å². The van der Waals surface area contributed by atoms with Crippen LogP contribution in [-0.4, -0.2) is 32.3 Å². The van der Waals surface area contributed by atoms with Crippen molar-refractivity contribution >= 4 is 5.91 Å². The first-order chi connectivity index (χ1) is 8.34. The zero-order chi connectivity index (χ0) is 11.7. The highest BCUT2D eigenvalue weighted by Crippen LogP contribution is 2.16. The largest absolute Gasteiger partial charge is 0.347 e. The zero-order valence-corrected chi connectivity index (χ0v) is 9.26. The van der Waals surface area contributed by atoms with Crippen LogP contribution in [0.15, 0.2) is 30.9 Å². The first-order valence-electron chi connectivity index (χ1n) is 5.55. The molecule has 86 valence electrons. The number of rotatable bonds is 1. The van der Waals surface area contributed by atoms with Crippen LogP contribution in [0.25, 0.3) is 0 Å². The highest BCUT2D eigenvalue weighted by Gasteiger charge is 2.22. The number of aromatic amines is 1. The molecule has 3 rings (SSSR count). The summed E-state index contributed by atoms with van der Waals surface area (Å²) in [6.45, 7) is 1.33. The van der Waals surface area contributed by atoms with E-state index in [1.165, 1.54) is 0 Å². The minimum absolute atomic E-state index is 0.0488. The molecule has 0 saturated carbocycles. The molecular weight excluding hydrogens is 216 g/mol. The third-order valence-corrected chi connectivity index (χ3v) is 2.99. The fourth-order valence-electron chi connectivity index (χ4n) is 2.06. The van der Waals surface area contributed by atoms with Gasteiger partial charge in [0.25, 0.3) is 5.91 Å². The summed E-state index contributed by atoms with van der Waals surface area (Å²) in [5.41, 5.74) is 2.80. The molecule has 0 saturated heterocycles. The summed E-state index contributed by atoms with van der Waals surface area (Å²) in [5, 5.41) is 0. The molecule has 0 spiro atoms. The maximum atomic E-state index is 12.2. The number of carbonyl (C=O) groups is 1. The second-order valence-corrected chi connectivity index (χ2v) is 4.04. The number of carbonyl (C=O) groups excluding carboxylic acids is 1. The molecule has 17 heavy (non-hydrogen) atoms. The second kappa shape index (κ2) is 4.01. The SMILES string of the molecule is O=C(c1ccncc1)N1CCc2nc[nH]c2C1. The van der Waals surface area contributed by atoms with Gasteiger partial charge in [0.05, 0.1) is 24.3 Å². The fourth-order valence-corrected chi connectivity index (χ4v) is 2.06. The highest BCUT2D eigenvalue weighted by molar-refractivity contribution is 5.94. The Labute approximate surface area is 98.5 Å². The minimum Gasteiger partial charge on any atom is -0.347 e. The number of amides is 1. The maximum absolute atomic E-state index is 12.2. The van der Waals surface area contributed by atoms with Crippen molar-refractivity contribution in [1.29, 1.82) is 0 Å². The van der Waals surface area contributed by atoms with Crippen molar-refractivity contribution in [2.75, 3.05) is 6.54 Å². The van der Waals surface area contributed by atoms with E-state index in [2.05, 4.69) is 15.0 Å². The van der Waals surface area contributed by atoms with E-state index in [4.69, 9.17) is 0 Å².